The molecule has 2 aromatic rings. The van der Waals surface area contributed by atoms with Gasteiger partial charge in [-0.1, -0.05) is 35.9 Å². The summed E-state index contributed by atoms with van der Waals surface area (Å²) in [7, 11) is 0. The molecule has 0 unspecified atom stereocenters. The number of para-hydroxylation sites is 1. The van der Waals surface area contributed by atoms with E-state index >= 15 is 0 Å². The molecule has 0 aliphatic heterocycles. The highest BCUT2D eigenvalue weighted by atomic mass is 35.5. The molecule has 92 valence electrons. The summed E-state index contributed by atoms with van der Waals surface area (Å²) in [5, 5.41) is 6.07. The van der Waals surface area contributed by atoms with E-state index in [0.29, 0.717) is 5.11 Å². The van der Waals surface area contributed by atoms with Crippen molar-refractivity contribution < 1.29 is 4.39 Å². The van der Waals surface area contributed by atoms with Crippen molar-refractivity contribution in [3.8, 4) is 0 Å². The monoisotopic (exact) mass is 280 g/mol. The van der Waals surface area contributed by atoms with Gasteiger partial charge in [0, 0.05) is 5.69 Å². The van der Waals surface area contributed by atoms with Gasteiger partial charge in [0.1, 0.15) is 0 Å². The molecule has 2 N–H and O–H groups in total. The Morgan fingerprint density at radius 1 is 1.00 bits per heavy atom. The molecule has 0 heterocycles. The van der Waals surface area contributed by atoms with E-state index in [4.69, 9.17) is 23.8 Å². The summed E-state index contributed by atoms with van der Waals surface area (Å²) in [5.74, 6) is -0.517. The maximum Gasteiger partial charge on any atom is 0.175 e. The molecule has 18 heavy (non-hydrogen) atoms. The molecule has 0 fully saturated rings. The maximum atomic E-state index is 13.6. The molecule has 0 aliphatic carbocycles. The smallest absolute Gasteiger partial charge is 0.175 e. The van der Waals surface area contributed by atoms with E-state index in [0.717, 1.165) is 5.69 Å². The molecule has 5 heteroatoms. The van der Waals surface area contributed by atoms with E-state index < -0.39 is 5.82 Å². The van der Waals surface area contributed by atoms with Crippen molar-refractivity contribution in [2.45, 2.75) is 0 Å². The molecule has 0 radical (unpaired) electrons. The summed E-state index contributed by atoms with van der Waals surface area (Å²) < 4.78 is 13.6. The lowest BCUT2D eigenvalue weighted by atomic mass is 10.3. The predicted molar refractivity (Wildman–Crippen MR) is 77.7 cm³/mol. The first-order valence-corrected chi connectivity index (χ1v) is 6.02. The quantitative estimate of drug-likeness (QED) is 0.803. The largest absolute Gasteiger partial charge is 0.332 e. The molecule has 0 saturated heterocycles. The molecule has 0 aromatic heterocycles. The van der Waals surface area contributed by atoms with E-state index in [1.54, 1.807) is 12.1 Å². The topological polar surface area (TPSA) is 24.1 Å². The summed E-state index contributed by atoms with van der Waals surface area (Å²) >= 11 is 10.8. The second-order valence-electron chi connectivity index (χ2n) is 3.55. The van der Waals surface area contributed by atoms with Gasteiger partial charge in [0.2, 0.25) is 0 Å². The fraction of sp³-hybridized carbons (Fsp3) is 0. The van der Waals surface area contributed by atoms with Crippen LogP contribution in [0.4, 0.5) is 15.8 Å². The Bertz CT molecular complexity index is 560. The summed E-state index contributed by atoms with van der Waals surface area (Å²) in [6.07, 6.45) is 0. The predicted octanol–water partition coefficient (Wildman–Crippen LogP) is 4.29. The highest BCUT2D eigenvalue weighted by molar-refractivity contribution is 7.80. The van der Waals surface area contributed by atoms with Crippen LogP contribution >= 0.6 is 23.8 Å². The fourth-order valence-corrected chi connectivity index (χ4v) is 1.81. The molecule has 0 saturated carbocycles. The zero-order chi connectivity index (χ0) is 13.0. The van der Waals surface area contributed by atoms with Gasteiger partial charge in [-0.15, -0.1) is 0 Å². The fourth-order valence-electron chi connectivity index (χ4n) is 1.41. The van der Waals surface area contributed by atoms with Crippen molar-refractivity contribution in [2.24, 2.45) is 0 Å². The standard InChI is InChI=1S/C13H10ClFN2S/c14-10-7-4-8-11(12(10)15)17-13(18)16-9-5-2-1-3-6-9/h1-8H,(H2,16,17,18). The van der Waals surface area contributed by atoms with Crippen LogP contribution in [0.15, 0.2) is 48.5 Å². The molecule has 0 aliphatic rings. The second kappa shape index (κ2) is 5.80. The molecule has 0 spiro atoms. The van der Waals surface area contributed by atoms with Crippen LogP contribution in [0.3, 0.4) is 0 Å². The van der Waals surface area contributed by atoms with Crippen molar-refractivity contribution in [2.75, 3.05) is 10.6 Å². The van der Waals surface area contributed by atoms with Crippen molar-refractivity contribution in [3.63, 3.8) is 0 Å². The van der Waals surface area contributed by atoms with Gasteiger partial charge in [-0.25, -0.2) is 4.39 Å². The number of rotatable bonds is 2. The van der Waals surface area contributed by atoms with E-state index in [9.17, 15) is 4.39 Å². The van der Waals surface area contributed by atoms with Gasteiger partial charge in [0.05, 0.1) is 10.7 Å². The summed E-state index contributed by atoms with van der Waals surface area (Å²) in [4.78, 5) is 0. The van der Waals surface area contributed by atoms with Crippen LogP contribution in [0.2, 0.25) is 5.02 Å². The third kappa shape index (κ3) is 3.18. The number of hydrogen-bond acceptors (Lipinski definition) is 1. The summed E-state index contributed by atoms with van der Waals surface area (Å²) in [6, 6.07) is 14.1. The molecule has 2 rings (SSSR count). The van der Waals surface area contributed by atoms with Crippen LogP contribution in [0.5, 0.6) is 0 Å². The highest BCUT2D eigenvalue weighted by Crippen LogP contribution is 2.22. The Labute approximate surface area is 115 Å². The van der Waals surface area contributed by atoms with Crippen molar-refractivity contribution >= 4 is 40.3 Å². The average molecular weight is 281 g/mol. The Kier molecular flexibility index (Phi) is 4.12. The first kappa shape index (κ1) is 12.8. The van der Waals surface area contributed by atoms with Crippen LogP contribution in [-0.4, -0.2) is 5.11 Å². The van der Waals surface area contributed by atoms with Crippen LogP contribution < -0.4 is 10.6 Å². The van der Waals surface area contributed by atoms with Gasteiger partial charge < -0.3 is 10.6 Å². The second-order valence-corrected chi connectivity index (χ2v) is 4.36. The lowest BCUT2D eigenvalue weighted by Crippen LogP contribution is -2.19. The van der Waals surface area contributed by atoms with E-state index in [-0.39, 0.29) is 10.7 Å². The minimum Gasteiger partial charge on any atom is -0.332 e. The van der Waals surface area contributed by atoms with Crippen molar-refractivity contribution in [1.29, 1.82) is 0 Å². The first-order chi connectivity index (χ1) is 8.66. The Hall–Kier alpha value is -1.65. The van der Waals surface area contributed by atoms with Crippen LogP contribution in [0.1, 0.15) is 0 Å². The number of halogens is 2. The minimum absolute atomic E-state index is 0.0579. The summed E-state index contributed by atoms with van der Waals surface area (Å²) in [5.41, 5.74) is 1.08. The van der Waals surface area contributed by atoms with Gasteiger partial charge in [0.25, 0.3) is 0 Å². The van der Waals surface area contributed by atoms with Gasteiger partial charge >= 0.3 is 0 Å². The molecule has 2 aromatic carbocycles. The lowest BCUT2D eigenvalue weighted by Gasteiger charge is -2.11. The number of anilines is 2. The highest BCUT2D eigenvalue weighted by Gasteiger charge is 2.07. The Morgan fingerprint density at radius 2 is 1.72 bits per heavy atom. The average Bonchev–Trinajstić information content (AvgIpc) is 2.36. The lowest BCUT2D eigenvalue weighted by molar-refractivity contribution is 0.632. The SMILES string of the molecule is Fc1c(Cl)cccc1NC(=S)Nc1ccccc1. The molecular formula is C13H10ClFN2S. The Balaban J connectivity index is 2.06. The maximum absolute atomic E-state index is 13.6. The van der Waals surface area contributed by atoms with Gasteiger partial charge in [0.15, 0.2) is 10.9 Å². The number of thiocarbonyl (C=S) groups is 1. The van der Waals surface area contributed by atoms with Crippen LogP contribution in [0.25, 0.3) is 0 Å². The molecule has 2 nitrogen and oxygen atoms in total. The van der Waals surface area contributed by atoms with Gasteiger partial charge in [-0.3, -0.25) is 0 Å². The Morgan fingerprint density at radius 3 is 2.44 bits per heavy atom. The molecule has 0 atom stereocenters. The minimum atomic E-state index is -0.517. The number of nitrogens with one attached hydrogen (secondary N) is 2. The van der Waals surface area contributed by atoms with Gasteiger partial charge in [-0.2, -0.15) is 0 Å². The van der Waals surface area contributed by atoms with Crippen LogP contribution in [0, 0.1) is 5.82 Å². The molecule has 0 amide bonds. The van der Waals surface area contributed by atoms with E-state index in [1.165, 1.54) is 6.07 Å². The van der Waals surface area contributed by atoms with Crippen LogP contribution in [-0.2, 0) is 0 Å². The first-order valence-electron chi connectivity index (χ1n) is 5.24. The van der Waals surface area contributed by atoms with E-state index in [1.807, 2.05) is 30.3 Å². The van der Waals surface area contributed by atoms with Gasteiger partial charge in [-0.05, 0) is 36.5 Å². The van der Waals surface area contributed by atoms with Crippen molar-refractivity contribution in [1.82, 2.24) is 0 Å². The zero-order valence-corrected chi connectivity index (χ0v) is 10.9. The molecule has 0 bridgehead atoms. The number of hydrogen-bond donors (Lipinski definition) is 2. The van der Waals surface area contributed by atoms with E-state index in [2.05, 4.69) is 10.6 Å². The van der Waals surface area contributed by atoms with Crippen molar-refractivity contribution in [3.05, 3.63) is 59.4 Å². The third-order valence-electron chi connectivity index (χ3n) is 2.23. The normalized spacial score (nSPS) is 9.89. The molecular weight excluding hydrogens is 271 g/mol. The zero-order valence-electron chi connectivity index (χ0n) is 9.28. The number of benzene rings is 2. The summed E-state index contributed by atoms with van der Waals surface area (Å²) in [6.45, 7) is 0. The third-order valence-corrected chi connectivity index (χ3v) is 2.73.